The van der Waals surface area contributed by atoms with Crippen molar-refractivity contribution in [2.45, 2.75) is 6.92 Å². The summed E-state index contributed by atoms with van der Waals surface area (Å²) in [5.41, 5.74) is 0.372. The molecule has 0 saturated carbocycles. The molecule has 0 atom stereocenters. The van der Waals surface area contributed by atoms with Gasteiger partial charge in [-0.05, 0) is 13.0 Å². The fraction of sp³-hybridized carbons (Fsp3) is 0.125. The lowest BCUT2D eigenvalue weighted by molar-refractivity contribution is -0.385. The predicted octanol–water partition coefficient (Wildman–Crippen LogP) is 1.53. The van der Waals surface area contributed by atoms with E-state index in [-0.39, 0.29) is 16.7 Å². The molecular formula is C8H6ClN5O2. The van der Waals surface area contributed by atoms with Crippen molar-refractivity contribution >= 4 is 17.3 Å². The van der Waals surface area contributed by atoms with E-state index in [9.17, 15) is 10.1 Å². The fourth-order valence-corrected chi connectivity index (χ4v) is 1.40. The van der Waals surface area contributed by atoms with Crippen LogP contribution in [-0.2, 0) is 0 Å². The molecule has 2 aromatic rings. The van der Waals surface area contributed by atoms with Crippen LogP contribution in [0.15, 0.2) is 18.6 Å². The third-order valence-electron chi connectivity index (χ3n) is 1.88. The Hall–Kier alpha value is -2.02. The van der Waals surface area contributed by atoms with Gasteiger partial charge in [-0.2, -0.15) is 5.10 Å². The normalized spacial score (nSPS) is 10.4. The van der Waals surface area contributed by atoms with Crippen LogP contribution < -0.4 is 0 Å². The van der Waals surface area contributed by atoms with Crippen LogP contribution in [0, 0.1) is 17.0 Å². The molecule has 2 aromatic heterocycles. The highest BCUT2D eigenvalue weighted by Crippen LogP contribution is 2.26. The van der Waals surface area contributed by atoms with Gasteiger partial charge >= 0.3 is 5.69 Å². The fourth-order valence-electron chi connectivity index (χ4n) is 1.21. The van der Waals surface area contributed by atoms with Gasteiger partial charge in [0.1, 0.15) is 6.33 Å². The van der Waals surface area contributed by atoms with Crippen molar-refractivity contribution in [3.8, 4) is 5.82 Å². The maximum atomic E-state index is 10.8. The minimum atomic E-state index is -0.630. The number of rotatable bonds is 2. The van der Waals surface area contributed by atoms with Crippen molar-refractivity contribution in [2.24, 2.45) is 0 Å². The van der Waals surface area contributed by atoms with E-state index in [1.54, 1.807) is 19.2 Å². The standard InChI is InChI=1S/C8H6ClN5O2/c1-5-2-3-13(12-5)8-6(14(15)16)7(9)10-4-11-8/h2-4H,1H3. The summed E-state index contributed by atoms with van der Waals surface area (Å²) in [4.78, 5) is 17.6. The van der Waals surface area contributed by atoms with Crippen molar-refractivity contribution in [3.05, 3.63) is 39.6 Å². The number of aryl methyl sites for hydroxylation is 1. The highest BCUT2D eigenvalue weighted by atomic mass is 35.5. The maximum Gasteiger partial charge on any atom is 0.350 e. The Kier molecular flexibility index (Phi) is 2.53. The van der Waals surface area contributed by atoms with Gasteiger partial charge in [0.15, 0.2) is 0 Å². The summed E-state index contributed by atoms with van der Waals surface area (Å²) in [7, 11) is 0. The third-order valence-corrected chi connectivity index (χ3v) is 2.16. The van der Waals surface area contributed by atoms with Crippen LogP contribution >= 0.6 is 11.6 Å². The topological polar surface area (TPSA) is 86.7 Å². The van der Waals surface area contributed by atoms with Crippen molar-refractivity contribution in [2.75, 3.05) is 0 Å². The Morgan fingerprint density at radius 3 is 2.81 bits per heavy atom. The van der Waals surface area contributed by atoms with Crippen LogP contribution in [0.25, 0.3) is 5.82 Å². The summed E-state index contributed by atoms with van der Waals surface area (Å²) in [5, 5.41) is 14.6. The third kappa shape index (κ3) is 1.72. The second kappa shape index (κ2) is 3.86. The van der Waals surface area contributed by atoms with Crippen LogP contribution in [0.1, 0.15) is 5.69 Å². The molecule has 0 spiro atoms. The molecule has 82 valence electrons. The summed E-state index contributed by atoms with van der Waals surface area (Å²) >= 11 is 5.65. The average molecular weight is 240 g/mol. The van der Waals surface area contributed by atoms with Crippen molar-refractivity contribution in [1.82, 2.24) is 19.7 Å². The van der Waals surface area contributed by atoms with E-state index < -0.39 is 4.92 Å². The summed E-state index contributed by atoms with van der Waals surface area (Å²) in [6.45, 7) is 1.77. The summed E-state index contributed by atoms with van der Waals surface area (Å²) < 4.78 is 1.29. The molecule has 0 bridgehead atoms. The molecule has 16 heavy (non-hydrogen) atoms. The minimum absolute atomic E-state index is 0.0538. The van der Waals surface area contributed by atoms with Gasteiger partial charge in [-0.3, -0.25) is 10.1 Å². The molecule has 2 rings (SSSR count). The van der Waals surface area contributed by atoms with E-state index in [0.717, 1.165) is 12.0 Å². The molecule has 0 fully saturated rings. The zero-order valence-corrected chi connectivity index (χ0v) is 8.92. The lowest BCUT2D eigenvalue weighted by Gasteiger charge is -2.01. The Balaban J connectivity index is 2.65. The van der Waals surface area contributed by atoms with Crippen molar-refractivity contribution in [3.63, 3.8) is 0 Å². The smallest absolute Gasteiger partial charge is 0.258 e. The predicted molar refractivity (Wildman–Crippen MR) is 55.6 cm³/mol. The number of hydrogen-bond acceptors (Lipinski definition) is 5. The van der Waals surface area contributed by atoms with Gasteiger partial charge in [-0.1, -0.05) is 11.6 Å². The lowest BCUT2D eigenvalue weighted by atomic mass is 10.5. The first-order chi connectivity index (χ1) is 7.59. The van der Waals surface area contributed by atoms with Gasteiger partial charge in [0.2, 0.25) is 11.0 Å². The van der Waals surface area contributed by atoms with Gasteiger partial charge in [0.25, 0.3) is 0 Å². The zero-order chi connectivity index (χ0) is 11.7. The van der Waals surface area contributed by atoms with Gasteiger partial charge in [0, 0.05) is 6.20 Å². The number of aromatic nitrogens is 4. The second-order valence-corrected chi connectivity index (χ2v) is 3.35. The van der Waals surface area contributed by atoms with Gasteiger partial charge in [0.05, 0.1) is 10.6 Å². The maximum absolute atomic E-state index is 10.8. The van der Waals surface area contributed by atoms with E-state index in [1.807, 2.05) is 0 Å². The quantitative estimate of drug-likeness (QED) is 0.451. The van der Waals surface area contributed by atoms with Crippen molar-refractivity contribution < 1.29 is 4.92 Å². The SMILES string of the molecule is Cc1ccn(-c2ncnc(Cl)c2[N+](=O)[O-])n1. The average Bonchev–Trinajstić information content (AvgIpc) is 2.63. The molecule has 7 nitrogen and oxygen atoms in total. The highest BCUT2D eigenvalue weighted by molar-refractivity contribution is 6.31. The molecule has 0 saturated heterocycles. The molecule has 0 aromatic carbocycles. The largest absolute Gasteiger partial charge is 0.350 e. The van der Waals surface area contributed by atoms with E-state index in [1.165, 1.54) is 4.68 Å². The van der Waals surface area contributed by atoms with Crippen LogP contribution in [0.4, 0.5) is 5.69 Å². The monoisotopic (exact) mass is 239 g/mol. The molecule has 0 N–H and O–H groups in total. The number of nitro groups is 1. The Labute approximate surface area is 94.9 Å². The first kappa shape index (κ1) is 10.5. The molecule has 0 aliphatic heterocycles. The number of halogens is 1. The molecule has 0 aliphatic rings. The molecule has 0 unspecified atom stereocenters. The lowest BCUT2D eigenvalue weighted by Crippen LogP contribution is -2.05. The van der Waals surface area contributed by atoms with Gasteiger partial charge < -0.3 is 0 Å². The Morgan fingerprint density at radius 1 is 1.50 bits per heavy atom. The minimum Gasteiger partial charge on any atom is -0.258 e. The first-order valence-electron chi connectivity index (χ1n) is 4.27. The molecular weight excluding hydrogens is 234 g/mol. The molecule has 8 heteroatoms. The van der Waals surface area contributed by atoms with Gasteiger partial charge in [-0.25, -0.2) is 14.6 Å². The van der Waals surface area contributed by atoms with E-state index in [2.05, 4.69) is 15.1 Å². The van der Waals surface area contributed by atoms with Crippen LogP contribution in [0.5, 0.6) is 0 Å². The van der Waals surface area contributed by atoms with Crippen LogP contribution in [-0.4, -0.2) is 24.7 Å². The second-order valence-electron chi connectivity index (χ2n) is 3.00. The molecule has 0 radical (unpaired) electrons. The summed E-state index contributed by atoms with van der Waals surface area (Å²) in [6.07, 6.45) is 2.72. The van der Waals surface area contributed by atoms with Crippen molar-refractivity contribution in [1.29, 1.82) is 0 Å². The van der Waals surface area contributed by atoms with E-state index in [0.29, 0.717) is 0 Å². The van der Waals surface area contributed by atoms with Gasteiger partial charge in [-0.15, -0.1) is 0 Å². The van der Waals surface area contributed by atoms with E-state index >= 15 is 0 Å². The Bertz CT molecular complexity index is 553. The highest BCUT2D eigenvalue weighted by Gasteiger charge is 2.23. The first-order valence-corrected chi connectivity index (χ1v) is 4.65. The van der Waals surface area contributed by atoms with Crippen LogP contribution in [0.2, 0.25) is 5.15 Å². The van der Waals surface area contributed by atoms with Crippen LogP contribution in [0.3, 0.4) is 0 Å². The Morgan fingerprint density at radius 2 is 2.25 bits per heavy atom. The number of nitrogens with zero attached hydrogens (tertiary/aromatic N) is 5. The summed E-state index contributed by atoms with van der Waals surface area (Å²) in [5.74, 6) is 0.0538. The zero-order valence-electron chi connectivity index (χ0n) is 8.16. The van der Waals surface area contributed by atoms with E-state index in [4.69, 9.17) is 11.6 Å². The molecule has 0 amide bonds. The molecule has 2 heterocycles. The molecule has 0 aliphatic carbocycles. The summed E-state index contributed by atoms with van der Waals surface area (Å²) in [6, 6.07) is 1.71. The number of hydrogen-bond donors (Lipinski definition) is 0.